The third kappa shape index (κ3) is 5.12. The molecule has 8 heteroatoms. The van der Waals surface area contributed by atoms with Crippen LogP contribution in [0.15, 0.2) is 40.9 Å². The normalized spacial score (nSPS) is 10.0. The number of amides is 1. The molecule has 0 saturated heterocycles. The van der Waals surface area contributed by atoms with E-state index in [-0.39, 0.29) is 11.3 Å². The van der Waals surface area contributed by atoms with Crippen molar-refractivity contribution in [1.29, 1.82) is 0 Å². The summed E-state index contributed by atoms with van der Waals surface area (Å²) < 4.78 is 15.9. The summed E-state index contributed by atoms with van der Waals surface area (Å²) in [5, 5.41) is 2.61. The van der Waals surface area contributed by atoms with Crippen molar-refractivity contribution in [2.45, 2.75) is 0 Å². The van der Waals surface area contributed by atoms with Gasteiger partial charge < -0.3 is 25.3 Å². The number of ether oxygens (including phenoxy) is 3. The van der Waals surface area contributed by atoms with E-state index >= 15 is 0 Å². The minimum atomic E-state index is -0.683. The van der Waals surface area contributed by atoms with Crippen LogP contribution in [0.25, 0.3) is 0 Å². The number of methoxy groups -OCH3 is 2. The minimum absolute atomic E-state index is 0.185. The van der Waals surface area contributed by atoms with E-state index in [0.717, 1.165) is 0 Å². The fourth-order valence-corrected chi connectivity index (χ4v) is 2.35. The van der Waals surface area contributed by atoms with Gasteiger partial charge in [-0.3, -0.25) is 4.79 Å². The number of rotatable bonds is 6. The first-order valence-corrected chi connectivity index (χ1v) is 7.97. The second-order valence-corrected chi connectivity index (χ2v) is 5.87. The molecule has 0 radical (unpaired) electrons. The van der Waals surface area contributed by atoms with E-state index < -0.39 is 18.5 Å². The van der Waals surface area contributed by atoms with Crippen molar-refractivity contribution in [3.05, 3.63) is 46.4 Å². The van der Waals surface area contributed by atoms with Crippen LogP contribution in [0.5, 0.6) is 11.5 Å². The van der Waals surface area contributed by atoms with Crippen molar-refractivity contribution in [3.63, 3.8) is 0 Å². The summed E-state index contributed by atoms with van der Waals surface area (Å²) in [4.78, 5) is 24.0. The smallest absolute Gasteiger partial charge is 0.340 e. The molecule has 0 aliphatic carbocycles. The van der Waals surface area contributed by atoms with E-state index in [1.165, 1.54) is 20.3 Å². The molecule has 2 aromatic rings. The highest BCUT2D eigenvalue weighted by Gasteiger charge is 2.14. The zero-order valence-electron chi connectivity index (χ0n) is 13.7. The molecule has 3 N–H and O–H groups in total. The van der Waals surface area contributed by atoms with Gasteiger partial charge in [0.25, 0.3) is 5.91 Å². The van der Waals surface area contributed by atoms with Gasteiger partial charge in [0.15, 0.2) is 6.61 Å². The number of esters is 1. The molecule has 0 aliphatic heterocycles. The highest BCUT2D eigenvalue weighted by Crippen LogP contribution is 2.25. The fraction of sp³-hybridized carbons (Fsp3) is 0.176. The van der Waals surface area contributed by atoms with E-state index in [0.29, 0.717) is 21.7 Å². The Labute approximate surface area is 153 Å². The molecule has 1 amide bonds. The summed E-state index contributed by atoms with van der Waals surface area (Å²) in [6.45, 7) is -0.454. The number of benzene rings is 2. The van der Waals surface area contributed by atoms with Crippen molar-refractivity contribution < 1.29 is 23.8 Å². The summed E-state index contributed by atoms with van der Waals surface area (Å²) in [5.74, 6) is -0.142. The standard InChI is InChI=1S/C17H17BrN2O5/c1-23-12-6-11(7-13(8-12)24-2)20-16(21)9-25-17(22)14-5-10(18)3-4-15(14)19/h3-8H,9,19H2,1-2H3,(H,20,21). The number of nitrogens with two attached hydrogens (primary N) is 1. The van der Waals surface area contributed by atoms with Gasteiger partial charge in [0.2, 0.25) is 0 Å². The second-order valence-electron chi connectivity index (χ2n) is 4.96. The van der Waals surface area contributed by atoms with Gasteiger partial charge in [-0.2, -0.15) is 0 Å². The molecule has 0 heterocycles. The average molecular weight is 409 g/mol. The van der Waals surface area contributed by atoms with Gasteiger partial charge in [-0.15, -0.1) is 0 Å². The predicted molar refractivity (Wildman–Crippen MR) is 97.0 cm³/mol. The highest BCUT2D eigenvalue weighted by atomic mass is 79.9. The van der Waals surface area contributed by atoms with E-state index in [1.807, 2.05) is 0 Å². The fourth-order valence-electron chi connectivity index (χ4n) is 1.99. The molecule has 2 aromatic carbocycles. The number of hydrogen-bond acceptors (Lipinski definition) is 6. The maximum absolute atomic E-state index is 12.0. The van der Waals surface area contributed by atoms with E-state index in [9.17, 15) is 9.59 Å². The molecular weight excluding hydrogens is 392 g/mol. The molecule has 0 aliphatic rings. The van der Waals surface area contributed by atoms with Crippen LogP contribution in [-0.2, 0) is 9.53 Å². The lowest BCUT2D eigenvalue weighted by Gasteiger charge is -2.10. The molecule has 0 atom stereocenters. The number of carbonyl (C=O) groups excluding carboxylic acids is 2. The molecule has 132 valence electrons. The first kappa shape index (κ1) is 18.6. The van der Waals surface area contributed by atoms with Crippen LogP contribution in [-0.4, -0.2) is 32.7 Å². The highest BCUT2D eigenvalue weighted by molar-refractivity contribution is 9.10. The second kappa shape index (κ2) is 8.39. The van der Waals surface area contributed by atoms with Crippen LogP contribution in [0.4, 0.5) is 11.4 Å². The zero-order valence-corrected chi connectivity index (χ0v) is 15.3. The third-order valence-corrected chi connectivity index (χ3v) is 3.70. The van der Waals surface area contributed by atoms with Crippen molar-refractivity contribution in [1.82, 2.24) is 0 Å². The van der Waals surface area contributed by atoms with Gasteiger partial charge in [-0.1, -0.05) is 15.9 Å². The van der Waals surface area contributed by atoms with Crippen molar-refractivity contribution in [2.24, 2.45) is 0 Å². The van der Waals surface area contributed by atoms with Gasteiger partial charge in [0.1, 0.15) is 11.5 Å². The topological polar surface area (TPSA) is 99.9 Å². The maximum Gasteiger partial charge on any atom is 0.340 e. The van der Waals surface area contributed by atoms with Crippen LogP contribution in [0.1, 0.15) is 10.4 Å². The van der Waals surface area contributed by atoms with E-state index in [1.54, 1.807) is 30.3 Å². The van der Waals surface area contributed by atoms with Gasteiger partial charge >= 0.3 is 5.97 Å². The van der Waals surface area contributed by atoms with Crippen LogP contribution in [0.3, 0.4) is 0 Å². The quantitative estimate of drug-likeness (QED) is 0.562. The maximum atomic E-state index is 12.0. The summed E-state index contributed by atoms with van der Waals surface area (Å²) in [6.07, 6.45) is 0. The summed E-state index contributed by atoms with van der Waals surface area (Å²) >= 11 is 3.25. The largest absolute Gasteiger partial charge is 0.497 e. The molecule has 0 saturated carbocycles. The summed E-state index contributed by atoms with van der Waals surface area (Å²) in [6, 6.07) is 9.72. The molecule has 7 nitrogen and oxygen atoms in total. The SMILES string of the molecule is COc1cc(NC(=O)COC(=O)c2cc(Br)ccc2N)cc(OC)c1. The Bertz CT molecular complexity index is 772. The molecule has 2 rings (SSSR count). The Kier molecular flexibility index (Phi) is 6.24. The number of halogens is 1. The van der Waals surface area contributed by atoms with Crippen LogP contribution in [0, 0.1) is 0 Å². The molecule has 0 unspecified atom stereocenters. The van der Waals surface area contributed by atoms with E-state index in [2.05, 4.69) is 21.2 Å². The average Bonchev–Trinajstić information content (AvgIpc) is 2.61. The molecule has 0 fully saturated rings. The minimum Gasteiger partial charge on any atom is -0.497 e. The Hall–Kier alpha value is -2.74. The van der Waals surface area contributed by atoms with Gasteiger partial charge in [-0.05, 0) is 18.2 Å². The van der Waals surface area contributed by atoms with Crippen molar-refractivity contribution in [3.8, 4) is 11.5 Å². The summed E-state index contributed by atoms with van der Waals surface area (Å²) in [7, 11) is 3.01. The Morgan fingerprint density at radius 3 is 2.32 bits per heavy atom. The molecule has 0 aromatic heterocycles. The first-order chi connectivity index (χ1) is 11.9. The molecular formula is C17H17BrN2O5. The van der Waals surface area contributed by atoms with Crippen LogP contribution in [0.2, 0.25) is 0 Å². The third-order valence-electron chi connectivity index (χ3n) is 3.20. The lowest BCUT2D eigenvalue weighted by atomic mass is 10.2. The molecule has 0 spiro atoms. The van der Waals surface area contributed by atoms with E-state index in [4.69, 9.17) is 19.9 Å². The van der Waals surface area contributed by atoms with Gasteiger partial charge in [-0.25, -0.2) is 4.79 Å². The number of nitrogen functional groups attached to an aromatic ring is 1. The van der Waals surface area contributed by atoms with Gasteiger partial charge in [0, 0.05) is 34.0 Å². The van der Waals surface area contributed by atoms with Crippen molar-refractivity contribution >= 4 is 39.2 Å². The molecule has 0 bridgehead atoms. The zero-order chi connectivity index (χ0) is 18.4. The Morgan fingerprint density at radius 2 is 1.72 bits per heavy atom. The number of carbonyl (C=O) groups is 2. The lowest BCUT2D eigenvalue weighted by Crippen LogP contribution is -2.21. The lowest BCUT2D eigenvalue weighted by molar-refractivity contribution is -0.119. The summed E-state index contributed by atoms with van der Waals surface area (Å²) in [5.41, 5.74) is 6.65. The van der Waals surface area contributed by atoms with Gasteiger partial charge in [0.05, 0.1) is 19.8 Å². The number of nitrogens with one attached hydrogen (secondary N) is 1. The van der Waals surface area contributed by atoms with Crippen LogP contribution >= 0.6 is 15.9 Å². The first-order valence-electron chi connectivity index (χ1n) is 7.18. The number of anilines is 2. The monoisotopic (exact) mass is 408 g/mol. The Morgan fingerprint density at radius 1 is 1.08 bits per heavy atom. The number of hydrogen-bond donors (Lipinski definition) is 2. The Balaban J connectivity index is 1.99. The van der Waals surface area contributed by atoms with Crippen molar-refractivity contribution in [2.75, 3.05) is 31.9 Å². The predicted octanol–water partition coefficient (Wildman–Crippen LogP) is 2.84. The molecule has 25 heavy (non-hydrogen) atoms. The van der Waals surface area contributed by atoms with Crippen LogP contribution < -0.4 is 20.5 Å².